The molecule has 2 aromatic heterocycles. The molecule has 2 aromatic rings. The van der Waals surface area contributed by atoms with E-state index in [1.54, 1.807) is 12.1 Å². The van der Waals surface area contributed by atoms with E-state index >= 15 is 0 Å². The first-order valence-corrected chi connectivity index (χ1v) is 6.64. The van der Waals surface area contributed by atoms with Crippen molar-refractivity contribution in [2.45, 2.75) is 31.7 Å². The van der Waals surface area contributed by atoms with Gasteiger partial charge in [-0.05, 0) is 37.8 Å². The molecule has 8 heteroatoms. The van der Waals surface area contributed by atoms with Crippen molar-refractivity contribution in [2.75, 3.05) is 5.32 Å². The molecule has 20 heavy (non-hydrogen) atoms. The Morgan fingerprint density at radius 2 is 2.10 bits per heavy atom. The van der Waals surface area contributed by atoms with Crippen molar-refractivity contribution in [3.05, 3.63) is 22.6 Å². The standard InChI is InChI=1S/C12H16N6O2/c13-11(19)7-1-3-8(4-2-7)14-9-5-6-10-15-16-12(20)18(10)17-9/h5-8H,1-4H2,(H2,13,19)(H,14,17)(H,16,20). The van der Waals surface area contributed by atoms with E-state index in [1.165, 1.54) is 4.52 Å². The molecule has 3 rings (SSSR count). The highest BCUT2D eigenvalue weighted by Gasteiger charge is 2.24. The van der Waals surface area contributed by atoms with Gasteiger partial charge in [-0.2, -0.15) is 9.61 Å². The molecule has 4 N–H and O–H groups in total. The number of nitrogens with zero attached hydrogens (tertiary/aromatic N) is 3. The van der Waals surface area contributed by atoms with E-state index in [2.05, 4.69) is 20.6 Å². The monoisotopic (exact) mass is 276 g/mol. The Hall–Kier alpha value is -2.38. The van der Waals surface area contributed by atoms with Gasteiger partial charge in [-0.3, -0.25) is 4.79 Å². The third-order valence-electron chi connectivity index (χ3n) is 3.76. The summed E-state index contributed by atoms with van der Waals surface area (Å²) in [7, 11) is 0. The molecule has 1 aliphatic rings. The van der Waals surface area contributed by atoms with Crippen LogP contribution in [0.15, 0.2) is 16.9 Å². The van der Waals surface area contributed by atoms with Crippen molar-refractivity contribution in [3.8, 4) is 0 Å². The number of primary amides is 1. The number of aromatic nitrogens is 4. The van der Waals surface area contributed by atoms with Crippen LogP contribution in [0.2, 0.25) is 0 Å². The maximum atomic E-state index is 11.4. The molecule has 0 radical (unpaired) electrons. The SMILES string of the molecule is NC(=O)C1CCC(Nc2ccc3n[nH]c(=O)n3n2)CC1. The molecule has 0 atom stereocenters. The number of aromatic amines is 1. The topological polar surface area (TPSA) is 118 Å². The Morgan fingerprint density at radius 3 is 2.80 bits per heavy atom. The maximum Gasteiger partial charge on any atom is 0.364 e. The zero-order chi connectivity index (χ0) is 14.1. The van der Waals surface area contributed by atoms with Crippen molar-refractivity contribution in [1.82, 2.24) is 19.8 Å². The molecule has 0 spiro atoms. The van der Waals surface area contributed by atoms with Crippen molar-refractivity contribution in [2.24, 2.45) is 11.7 Å². The number of nitrogens with one attached hydrogen (secondary N) is 2. The Labute approximate surface area is 114 Å². The molecule has 1 saturated carbocycles. The predicted octanol–water partition coefficient (Wildman–Crippen LogP) is -0.126. The Morgan fingerprint density at radius 1 is 1.35 bits per heavy atom. The lowest BCUT2D eigenvalue weighted by atomic mass is 9.85. The second kappa shape index (κ2) is 4.95. The number of hydrogen-bond acceptors (Lipinski definition) is 5. The summed E-state index contributed by atoms with van der Waals surface area (Å²) in [6.45, 7) is 0. The van der Waals surface area contributed by atoms with Crippen molar-refractivity contribution in [3.63, 3.8) is 0 Å². The van der Waals surface area contributed by atoms with Crippen LogP contribution in [0.1, 0.15) is 25.7 Å². The molecule has 1 aliphatic carbocycles. The first-order chi connectivity index (χ1) is 9.63. The van der Waals surface area contributed by atoms with Crippen LogP contribution in [-0.2, 0) is 4.79 Å². The smallest absolute Gasteiger partial charge is 0.364 e. The minimum atomic E-state index is -0.360. The minimum Gasteiger partial charge on any atom is -0.369 e. The van der Waals surface area contributed by atoms with Crippen molar-refractivity contribution >= 4 is 17.4 Å². The summed E-state index contributed by atoms with van der Waals surface area (Å²) in [6.07, 6.45) is 3.32. The van der Waals surface area contributed by atoms with Crippen LogP contribution in [0, 0.1) is 5.92 Å². The summed E-state index contributed by atoms with van der Waals surface area (Å²) >= 11 is 0. The molecule has 8 nitrogen and oxygen atoms in total. The Bertz CT molecular complexity index is 683. The largest absolute Gasteiger partial charge is 0.369 e. The normalized spacial score (nSPS) is 22.8. The van der Waals surface area contributed by atoms with Crippen LogP contribution in [-0.4, -0.2) is 31.8 Å². The van der Waals surface area contributed by atoms with Gasteiger partial charge in [0.25, 0.3) is 0 Å². The lowest BCUT2D eigenvalue weighted by molar-refractivity contribution is -0.122. The molecular weight excluding hydrogens is 260 g/mol. The molecule has 0 aliphatic heterocycles. The van der Waals surface area contributed by atoms with E-state index in [1.807, 2.05) is 0 Å². The van der Waals surface area contributed by atoms with Crippen LogP contribution in [0.25, 0.3) is 5.65 Å². The first-order valence-electron chi connectivity index (χ1n) is 6.64. The highest BCUT2D eigenvalue weighted by atomic mass is 16.2. The molecule has 0 saturated heterocycles. The number of H-pyrrole nitrogens is 1. The summed E-state index contributed by atoms with van der Waals surface area (Å²) in [5, 5.41) is 13.6. The number of hydrogen-bond donors (Lipinski definition) is 3. The summed E-state index contributed by atoms with van der Waals surface area (Å²) in [6, 6.07) is 3.76. The minimum absolute atomic E-state index is 0.0139. The number of nitrogens with two attached hydrogens (primary N) is 1. The number of rotatable bonds is 3. The van der Waals surface area contributed by atoms with Gasteiger partial charge in [0.15, 0.2) is 5.65 Å². The number of fused-ring (bicyclic) bond motifs is 1. The van der Waals surface area contributed by atoms with E-state index in [-0.39, 0.29) is 23.6 Å². The second-order valence-electron chi connectivity index (χ2n) is 5.11. The molecular formula is C12H16N6O2. The zero-order valence-electron chi connectivity index (χ0n) is 10.9. The van der Waals surface area contributed by atoms with Crippen LogP contribution >= 0.6 is 0 Å². The fourth-order valence-electron chi connectivity index (χ4n) is 2.61. The second-order valence-corrected chi connectivity index (χ2v) is 5.11. The third kappa shape index (κ3) is 2.36. The molecule has 0 aromatic carbocycles. The van der Waals surface area contributed by atoms with Crippen LogP contribution in [0.5, 0.6) is 0 Å². The number of amides is 1. The van der Waals surface area contributed by atoms with Gasteiger partial charge in [0.2, 0.25) is 5.91 Å². The van der Waals surface area contributed by atoms with Gasteiger partial charge in [0.05, 0.1) is 0 Å². The fraction of sp³-hybridized carbons (Fsp3) is 0.500. The van der Waals surface area contributed by atoms with Gasteiger partial charge in [-0.1, -0.05) is 0 Å². The molecule has 0 bridgehead atoms. The van der Waals surface area contributed by atoms with Crippen LogP contribution in [0.4, 0.5) is 5.82 Å². The van der Waals surface area contributed by atoms with E-state index in [9.17, 15) is 9.59 Å². The van der Waals surface area contributed by atoms with Crippen molar-refractivity contribution < 1.29 is 4.79 Å². The van der Waals surface area contributed by atoms with Gasteiger partial charge >= 0.3 is 5.69 Å². The third-order valence-corrected chi connectivity index (χ3v) is 3.76. The molecule has 0 unspecified atom stereocenters. The summed E-state index contributed by atoms with van der Waals surface area (Å²) < 4.78 is 1.22. The fourth-order valence-corrected chi connectivity index (χ4v) is 2.61. The lowest BCUT2D eigenvalue weighted by Gasteiger charge is -2.27. The van der Waals surface area contributed by atoms with Gasteiger partial charge in [0, 0.05) is 12.0 Å². The van der Waals surface area contributed by atoms with Gasteiger partial charge in [-0.15, -0.1) is 5.10 Å². The van der Waals surface area contributed by atoms with Crippen LogP contribution in [0.3, 0.4) is 0 Å². The Balaban J connectivity index is 1.69. The first kappa shape index (κ1) is 12.6. The summed E-state index contributed by atoms with van der Waals surface area (Å²) in [4.78, 5) is 22.6. The van der Waals surface area contributed by atoms with Crippen molar-refractivity contribution in [1.29, 1.82) is 0 Å². The maximum absolute atomic E-state index is 11.4. The average Bonchev–Trinajstić information content (AvgIpc) is 2.81. The van der Waals surface area contributed by atoms with Gasteiger partial charge < -0.3 is 11.1 Å². The van der Waals surface area contributed by atoms with Crippen LogP contribution < -0.4 is 16.7 Å². The molecule has 106 valence electrons. The van der Waals surface area contributed by atoms with Gasteiger partial charge in [0.1, 0.15) is 5.82 Å². The number of carbonyl (C=O) groups excluding carboxylic acids is 1. The summed E-state index contributed by atoms with van der Waals surface area (Å²) in [5.41, 5.74) is 5.44. The lowest BCUT2D eigenvalue weighted by Crippen LogP contribution is -2.32. The predicted molar refractivity (Wildman–Crippen MR) is 72.2 cm³/mol. The molecule has 1 fully saturated rings. The van der Waals surface area contributed by atoms with E-state index in [0.29, 0.717) is 11.5 Å². The highest BCUT2D eigenvalue weighted by molar-refractivity contribution is 5.76. The molecule has 1 amide bonds. The van der Waals surface area contributed by atoms with E-state index in [4.69, 9.17) is 5.73 Å². The van der Waals surface area contributed by atoms with E-state index in [0.717, 1.165) is 25.7 Å². The number of carbonyl (C=O) groups is 1. The number of anilines is 1. The van der Waals surface area contributed by atoms with Gasteiger partial charge in [-0.25, -0.2) is 9.89 Å². The zero-order valence-corrected chi connectivity index (χ0v) is 10.9. The highest BCUT2D eigenvalue weighted by Crippen LogP contribution is 2.25. The quantitative estimate of drug-likeness (QED) is 0.722. The Kier molecular flexibility index (Phi) is 3.13. The molecule has 2 heterocycles. The van der Waals surface area contributed by atoms with E-state index < -0.39 is 0 Å². The average molecular weight is 276 g/mol. The summed E-state index contributed by atoms with van der Waals surface area (Å²) in [5.74, 6) is 0.399.